The zero-order valence-electron chi connectivity index (χ0n) is 16.7. The minimum atomic E-state index is 0.443. The van der Waals surface area contributed by atoms with E-state index >= 15 is 0 Å². The van der Waals surface area contributed by atoms with Crippen LogP contribution < -0.4 is 15.5 Å². The fraction of sp³-hybridized carbons (Fsp3) is 0.455. The highest BCUT2D eigenvalue weighted by Crippen LogP contribution is 2.18. The van der Waals surface area contributed by atoms with Crippen LogP contribution in [0.1, 0.15) is 36.6 Å². The predicted molar refractivity (Wildman–Crippen MR) is 113 cm³/mol. The number of aromatic nitrogens is 1. The average Bonchev–Trinajstić information content (AvgIpc) is 2.71. The summed E-state index contributed by atoms with van der Waals surface area (Å²) in [4.78, 5) is 11.4. The molecule has 1 aliphatic rings. The molecule has 0 bridgehead atoms. The van der Waals surface area contributed by atoms with Crippen LogP contribution in [-0.2, 0) is 13.0 Å². The summed E-state index contributed by atoms with van der Waals surface area (Å²) in [7, 11) is 1.84. The molecule has 5 heteroatoms. The van der Waals surface area contributed by atoms with Crippen molar-refractivity contribution in [2.45, 2.75) is 45.7 Å². The molecule has 1 aromatic heterocycles. The molecule has 1 aliphatic heterocycles. The van der Waals surface area contributed by atoms with Crippen LogP contribution in [-0.4, -0.2) is 37.1 Å². The molecule has 1 aromatic carbocycles. The number of benzene rings is 1. The van der Waals surface area contributed by atoms with Crippen molar-refractivity contribution in [1.29, 1.82) is 0 Å². The lowest BCUT2D eigenvalue weighted by Gasteiger charge is -2.34. The average molecular weight is 366 g/mol. The van der Waals surface area contributed by atoms with Crippen LogP contribution in [0, 0.1) is 6.92 Å². The third-order valence-electron chi connectivity index (χ3n) is 5.20. The van der Waals surface area contributed by atoms with Crippen molar-refractivity contribution in [2.75, 3.05) is 25.0 Å². The number of rotatable bonds is 5. The van der Waals surface area contributed by atoms with Crippen LogP contribution in [0.3, 0.4) is 0 Å². The molecule has 2 heterocycles. The Morgan fingerprint density at radius 2 is 1.85 bits per heavy atom. The molecule has 2 N–H and O–H groups in total. The van der Waals surface area contributed by atoms with Crippen molar-refractivity contribution in [3.63, 3.8) is 0 Å². The molecule has 0 unspecified atom stereocenters. The van der Waals surface area contributed by atoms with Gasteiger partial charge in [-0.25, -0.2) is 4.98 Å². The first-order valence-electron chi connectivity index (χ1n) is 9.92. The molecule has 0 amide bonds. The van der Waals surface area contributed by atoms with Crippen molar-refractivity contribution in [1.82, 2.24) is 15.6 Å². The van der Waals surface area contributed by atoms with Gasteiger partial charge in [0.05, 0.1) is 0 Å². The lowest BCUT2D eigenvalue weighted by molar-refractivity contribution is 0.459. The number of hydrogen-bond donors (Lipinski definition) is 2. The van der Waals surface area contributed by atoms with Gasteiger partial charge < -0.3 is 15.5 Å². The second-order valence-electron chi connectivity index (χ2n) is 7.09. The number of nitrogens with zero attached hydrogens (tertiary/aromatic N) is 3. The van der Waals surface area contributed by atoms with E-state index in [9.17, 15) is 0 Å². The van der Waals surface area contributed by atoms with Gasteiger partial charge in [0.1, 0.15) is 5.82 Å². The van der Waals surface area contributed by atoms with E-state index in [1.165, 1.54) is 11.1 Å². The monoisotopic (exact) mass is 365 g/mol. The van der Waals surface area contributed by atoms with Crippen LogP contribution in [0.5, 0.6) is 0 Å². The van der Waals surface area contributed by atoms with Gasteiger partial charge in [-0.2, -0.15) is 0 Å². The Morgan fingerprint density at radius 1 is 1.11 bits per heavy atom. The Kier molecular flexibility index (Phi) is 6.69. The van der Waals surface area contributed by atoms with E-state index in [2.05, 4.69) is 68.8 Å². The molecule has 1 fully saturated rings. The molecule has 0 saturated carbocycles. The van der Waals surface area contributed by atoms with Gasteiger partial charge in [-0.05, 0) is 49.4 Å². The summed E-state index contributed by atoms with van der Waals surface area (Å²) in [6.07, 6.45) is 3.22. The number of aryl methyl sites for hydroxylation is 2. The highest BCUT2D eigenvalue weighted by Gasteiger charge is 2.21. The van der Waals surface area contributed by atoms with Gasteiger partial charge >= 0.3 is 0 Å². The van der Waals surface area contributed by atoms with Gasteiger partial charge in [-0.15, -0.1) is 0 Å². The van der Waals surface area contributed by atoms with E-state index in [0.29, 0.717) is 6.04 Å². The zero-order chi connectivity index (χ0) is 19.1. The normalized spacial score (nSPS) is 15.7. The molecular weight excluding hydrogens is 334 g/mol. The van der Waals surface area contributed by atoms with E-state index in [0.717, 1.165) is 56.4 Å². The maximum absolute atomic E-state index is 4.65. The van der Waals surface area contributed by atoms with E-state index in [4.69, 9.17) is 0 Å². The minimum Gasteiger partial charge on any atom is -0.356 e. The Bertz CT molecular complexity index is 763. The second kappa shape index (κ2) is 9.40. The summed E-state index contributed by atoms with van der Waals surface area (Å²) in [6, 6.07) is 15.3. The summed E-state index contributed by atoms with van der Waals surface area (Å²) >= 11 is 0. The summed E-state index contributed by atoms with van der Waals surface area (Å²) in [5.41, 5.74) is 3.80. The molecule has 3 rings (SSSR count). The van der Waals surface area contributed by atoms with E-state index in [1.54, 1.807) is 0 Å². The second-order valence-corrected chi connectivity index (χ2v) is 7.09. The first kappa shape index (κ1) is 19.2. The van der Waals surface area contributed by atoms with Gasteiger partial charge in [0.15, 0.2) is 5.96 Å². The third-order valence-corrected chi connectivity index (χ3v) is 5.20. The van der Waals surface area contributed by atoms with Crippen LogP contribution in [0.2, 0.25) is 0 Å². The zero-order valence-corrected chi connectivity index (χ0v) is 16.7. The maximum atomic E-state index is 4.65. The fourth-order valence-electron chi connectivity index (χ4n) is 3.60. The molecule has 0 aliphatic carbocycles. The topological polar surface area (TPSA) is 52.6 Å². The number of piperidine rings is 1. The lowest BCUT2D eigenvalue weighted by atomic mass is 10.0. The minimum absolute atomic E-state index is 0.443. The highest BCUT2D eigenvalue weighted by molar-refractivity contribution is 5.80. The number of guanidine groups is 1. The first-order chi connectivity index (χ1) is 13.2. The number of aliphatic imine (C=N–C) groups is 1. The summed E-state index contributed by atoms with van der Waals surface area (Å²) in [5.74, 6) is 1.97. The van der Waals surface area contributed by atoms with Crippen LogP contribution >= 0.6 is 0 Å². The molecule has 144 valence electrons. The Balaban J connectivity index is 1.50. The fourth-order valence-corrected chi connectivity index (χ4v) is 3.60. The van der Waals surface area contributed by atoms with E-state index in [-0.39, 0.29) is 0 Å². The van der Waals surface area contributed by atoms with Crippen LogP contribution in [0.15, 0.2) is 47.5 Å². The van der Waals surface area contributed by atoms with E-state index in [1.807, 2.05) is 20.0 Å². The van der Waals surface area contributed by atoms with E-state index < -0.39 is 0 Å². The van der Waals surface area contributed by atoms with Gasteiger partial charge in [0.2, 0.25) is 0 Å². The van der Waals surface area contributed by atoms with Crippen molar-refractivity contribution in [3.8, 4) is 0 Å². The molecule has 1 saturated heterocycles. The van der Waals surface area contributed by atoms with Crippen molar-refractivity contribution >= 4 is 11.8 Å². The molecule has 0 radical (unpaired) electrons. The number of anilines is 1. The van der Waals surface area contributed by atoms with Gasteiger partial charge in [0, 0.05) is 38.4 Å². The van der Waals surface area contributed by atoms with Crippen LogP contribution in [0.4, 0.5) is 5.82 Å². The Morgan fingerprint density at radius 3 is 2.52 bits per heavy atom. The van der Waals surface area contributed by atoms with Crippen molar-refractivity contribution < 1.29 is 0 Å². The number of nitrogens with one attached hydrogen (secondary N) is 2. The summed E-state index contributed by atoms with van der Waals surface area (Å²) in [5, 5.41) is 7.06. The standard InChI is InChI=1S/C22H31N5/c1-4-18-9-5-6-10-19(18)16-24-22(23-3)26-20-12-14-27(15-13-20)21-11-7-8-17(2)25-21/h5-11,20H,4,12-16H2,1-3H3,(H2,23,24,26). The molecule has 27 heavy (non-hydrogen) atoms. The molecule has 5 nitrogen and oxygen atoms in total. The Hall–Kier alpha value is -2.56. The van der Waals surface area contributed by atoms with Gasteiger partial charge in [0.25, 0.3) is 0 Å². The molecular formula is C22H31N5. The van der Waals surface area contributed by atoms with Crippen molar-refractivity contribution in [3.05, 3.63) is 59.3 Å². The number of pyridine rings is 1. The van der Waals surface area contributed by atoms with Gasteiger partial charge in [-0.3, -0.25) is 4.99 Å². The molecule has 0 spiro atoms. The predicted octanol–water partition coefficient (Wildman–Crippen LogP) is 3.29. The van der Waals surface area contributed by atoms with Crippen molar-refractivity contribution in [2.24, 2.45) is 4.99 Å². The maximum Gasteiger partial charge on any atom is 0.191 e. The third kappa shape index (κ3) is 5.22. The molecule has 0 atom stereocenters. The van der Waals surface area contributed by atoms with Gasteiger partial charge in [-0.1, -0.05) is 37.3 Å². The van der Waals surface area contributed by atoms with Crippen LogP contribution in [0.25, 0.3) is 0 Å². The largest absolute Gasteiger partial charge is 0.356 e. The quantitative estimate of drug-likeness (QED) is 0.631. The lowest BCUT2D eigenvalue weighted by Crippen LogP contribution is -2.48. The summed E-state index contributed by atoms with van der Waals surface area (Å²) in [6.45, 7) is 7.08. The Labute approximate surface area is 162 Å². The summed E-state index contributed by atoms with van der Waals surface area (Å²) < 4.78 is 0. The molecule has 2 aromatic rings. The highest BCUT2D eigenvalue weighted by atomic mass is 15.2. The number of hydrogen-bond acceptors (Lipinski definition) is 3. The smallest absolute Gasteiger partial charge is 0.191 e. The SMILES string of the molecule is CCc1ccccc1CNC(=NC)NC1CCN(c2cccc(C)n2)CC1. The first-order valence-corrected chi connectivity index (χ1v) is 9.92.